The van der Waals surface area contributed by atoms with E-state index >= 15 is 0 Å². The molecule has 1 aliphatic heterocycles. The number of amides is 1. The van der Waals surface area contributed by atoms with Crippen molar-refractivity contribution < 1.29 is 14.7 Å². The quantitative estimate of drug-likeness (QED) is 0.788. The van der Waals surface area contributed by atoms with Gasteiger partial charge in [0.05, 0.1) is 6.04 Å². The van der Waals surface area contributed by atoms with Crippen LogP contribution in [0.3, 0.4) is 0 Å². The van der Waals surface area contributed by atoms with Crippen LogP contribution in [0.15, 0.2) is 60.7 Å². The predicted octanol–water partition coefficient (Wildman–Crippen LogP) is 4.91. The molecule has 0 aliphatic carbocycles. The second-order valence-electron chi connectivity index (χ2n) is 8.77. The van der Waals surface area contributed by atoms with Gasteiger partial charge in [-0.05, 0) is 38.8 Å². The summed E-state index contributed by atoms with van der Waals surface area (Å²) in [6, 6.07) is 19.4. The number of alkyl carbamates (subject to hydrolysis) is 1. The van der Waals surface area contributed by atoms with Crippen LogP contribution in [0.2, 0.25) is 0 Å². The number of benzene rings is 2. The lowest BCUT2D eigenvalue weighted by molar-refractivity contribution is -0.256. The fourth-order valence-corrected chi connectivity index (χ4v) is 4.22. The zero-order valence-electron chi connectivity index (χ0n) is 17.1. The Morgan fingerprint density at radius 2 is 1.39 bits per heavy atom. The van der Waals surface area contributed by atoms with Crippen LogP contribution in [0.25, 0.3) is 0 Å². The Balaban J connectivity index is 1.74. The molecule has 1 fully saturated rings. The summed E-state index contributed by atoms with van der Waals surface area (Å²) in [5.74, 6) is 0. The van der Waals surface area contributed by atoms with Gasteiger partial charge in [0.2, 0.25) is 0 Å². The number of hydrogen-bond donors (Lipinski definition) is 2. The Bertz CT molecular complexity index is 733. The molecule has 0 radical (unpaired) electrons. The first kappa shape index (κ1) is 20.4. The second kappa shape index (κ2) is 7.94. The fraction of sp³-hybridized carbons (Fsp3) is 0.435. The normalized spacial score (nSPS) is 19.4. The van der Waals surface area contributed by atoms with E-state index in [9.17, 15) is 10.0 Å². The van der Waals surface area contributed by atoms with Gasteiger partial charge in [-0.2, -0.15) is 5.06 Å². The van der Waals surface area contributed by atoms with E-state index in [0.717, 1.165) is 11.1 Å². The van der Waals surface area contributed by atoms with Gasteiger partial charge >= 0.3 is 6.09 Å². The molecule has 2 aromatic rings. The Kier molecular flexibility index (Phi) is 5.77. The third kappa shape index (κ3) is 4.54. The van der Waals surface area contributed by atoms with Gasteiger partial charge in [0.1, 0.15) is 6.10 Å². The van der Waals surface area contributed by atoms with Gasteiger partial charge < -0.3 is 15.3 Å². The van der Waals surface area contributed by atoms with E-state index in [1.54, 1.807) is 0 Å². The molecule has 5 nitrogen and oxygen atoms in total. The number of nitrogens with one attached hydrogen (secondary N) is 1. The van der Waals surface area contributed by atoms with E-state index in [1.165, 1.54) is 5.06 Å². The zero-order chi connectivity index (χ0) is 20.4. The number of ether oxygens (including phenoxy) is 1. The second-order valence-corrected chi connectivity index (χ2v) is 8.77. The Morgan fingerprint density at radius 3 is 1.82 bits per heavy atom. The zero-order valence-corrected chi connectivity index (χ0v) is 17.1. The van der Waals surface area contributed by atoms with Crippen molar-refractivity contribution in [3.63, 3.8) is 0 Å². The number of hydroxylamine groups is 2. The van der Waals surface area contributed by atoms with Gasteiger partial charge in [0.25, 0.3) is 0 Å². The molecule has 0 spiro atoms. The van der Waals surface area contributed by atoms with Gasteiger partial charge in [0, 0.05) is 23.9 Å². The first-order chi connectivity index (χ1) is 13.2. The Morgan fingerprint density at radius 1 is 0.964 bits per heavy atom. The number of hydrogen-bond acceptors (Lipinski definition) is 4. The summed E-state index contributed by atoms with van der Waals surface area (Å²) in [6.07, 6.45) is 0.435. The van der Waals surface area contributed by atoms with Crippen molar-refractivity contribution >= 4 is 6.09 Å². The van der Waals surface area contributed by atoms with E-state index in [4.69, 9.17) is 4.74 Å². The van der Waals surface area contributed by atoms with Crippen molar-refractivity contribution in [2.75, 3.05) is 0 Å². The van der Waals surface area contributed by atoms with Crippen LogP contribution in [0.4, 0.5) is 4.79 Å². The lowest BCUT2D eigenvalue weighted by Crippen LogP contribution is -2.61. The van der Waals surface area contributed by atoms with Crippen LogP contribution in [0, 0.1) is 0 Å². The summed E-state index contributed by atoms with van der Waals surface area (Å²) < 4.78 is 5.80. The smallest absolute Gasteiger partial charge is 0.408 e. The fourth-order valence-electron chi connectivity index (χ4n) is 4.22. The molecule has 0 saturated carbocycles. The van der Waals surface area contributed by atoms with E-state index in [-0.39, 0.29) is 12.1 Å². The van der Waals surface area contributed by atoms with Crippen molar-refractivity contribution in [2.45, 2.75) is 63.8 Å². The van der Waals surface area contributed by atoms with Crippen LogP contribution in [-0.4, -0.2) is 33.5 Å². The number of carbonyl (C=O) groups excluding carboxylic acids is 1. The molecule has 5 heteroatoms. The molecule has 0 unspecified atom stereocenters. The third-order valence-corrected chi connectivity index (χ3v) is 5.40. The molecule has 150 valence electrons. The molecule has 2 N–H and O–H groups in total. The van der Waals surface area contributed by atoms with Gasteiger partial charge in [-0.25, -0.2) is 4.79 Å². The minimum absolute atomic E-state index is 0.263. The predicted molar refractivity (Wildman–Crippen MR) is 109 cm³/mol. The lowest BCUT2D eigenvalue weighted by Gasteiger charge is -2.50. The molecule has 1 saturated heterocycles. The van der Waals surface area contributed by atoms with Crippen LogP contribution >= 0.6 is 0 Å². The van der Waals surface area contributed by atoms with Crippen LogP contribution in [0.5, 0.6) is 0 Å². The largest absolute Gasteiger partial charge is 0.446 e. The molecule has 3 rings (SSSR count). The van der Waals surface area contributed by atoms with Crippen LogP contribution in [0.1, 0.15) is 57.7 Å². The maximum atomic E-state index is 12.8. The molecule has 2 aromatic carbocycles. The van der Waals surface area contributed by atoms with E-state index in [1.807, 2.05) is 88.4 Å². The van der Waals surface area contributed by atoms with Gasteiger partial charge in [-0.15, -0.1) is 0 Å². The molecule has 1 aliphatic rings. The first-order valence-corrected chi connectivity index (χ1v) is 9.75. The maximum absolute atomic E-state index is 12.8. The topological polar surface area (TPSA) is 61.8 Å². The Hall–Kier alpha value is -2.37. The molecule has 0 aromatic heterocycles. The van der Waals surface area contributed by atoms with E-state index in [0.29, 0.717) is 12.8 Å². The van der Waals surface area contributed by atoms with E-state index < -0.39 is 17.2 Å². The molecule has 1 heterocycles. The highest BCUT2D eigenvalue weighted by Crippen LogP contribution is 2.38. The van der Waals surface area contributed by atoms with Crippen LogP contribution < -0.4 is 5.32 Å². The van der Waals surface area contributed by atoms with Crippen LogP contribution in [-0.2, 0) is 4.74 Å². The van der Waals surface area contributed by atoms with Crippen molar-refractivity contribution in [3.05, 3.63) is 71.8 Å². The highest BCUT2D eigenvalue weighted by Gasteiger charge is 2.46. The maximum Gasteiger partial charge on any atom is 0.408 e. The summed E-state index contributed by atoms with van der Waals surface area (Å²) >= 11 is 0. The molecule has 0 bridgehead atoms. The van der Waals surface area contributed by atoms with Crippen molar-refractivity contribution in [2.24, 2.45) is 0 Å². The minimum atomic E-state index is -0.467. The first-order valence-electron chi connectivity index (χ1n) is 9.75. The number of carbonyl (C=O) groups is 1. The summed E-state index contributed by atoms with van der Waals surface area (Å²) in [5, 5.41) is 14.8. The SMILES string of the molecule is CC1(C)CC(OC(=O)NC(c2ccccc2)c2ccccc2)CC(C)(C)N1O. The van der Waals surface area contributed by atoms with Gasteiger partial charge in [0.15, 0.2) is 0 Å². The number of nitrogens with zero attached hydrogens (tertiary/aromatic N) is 1. The highest BCUT2D eigenvalue weighted by molar-refractivity contribution is 5.69. The summed E-state index contributed by atoms with van der Waals surface area (Å²) in [7, 11) is 0. The molecule has 28 heavy (non-hydrogen) atoms. The lowest BCUT2D eigenvalue weighted by atomic mass is 9.80. The molecular weight excluding hydrogens is 352 g/mol. The number of piperidine rings is 1. The van der Waals surface area contributed by atoms with Gasteiger partial charge in [-0.3, -0.25) is 0 Å². The van der Waals surface area contributed by atoms with Crippen molar-refractivity contribution in [1.82, 2.24) is 10.4 Å². The molecular formula is C23H30N2O3. The summed E-state index contributed by atoms with van der Waals surface area (Å²) in [6.45, 7) is 7.83. The van der Waals surface area contributed by atoms with E-state index in [2.05, 4.69) is 5.32 Å². The summed E-state index contributed by atoms with van der Waals surface area (Å²) in [4.78, 5) is 12.8. The standard InChI is InChI=1S/C23H30N2O3/c1-22(2)15-19(16-23(3,4)25(22)27)28-21(26)24-20(17-11-7-5-8-12-17)18-13-9-6-10-14-18/h5-14,19-20,27H,15-16H2,1-4H3,(H,24,26). The van der Waals surface area contributed by atoms with Crippen molar-refractivity contribution in [1.29, 1.82) is 0 Å². The third-order valence-electron chi connectivity index (χ3n) is 5.40. The molecule has 0 atom stereocenters. The monoisotopic (exact) mass is 382 g/mol. The number of rotatable bonds is 4. The average molecular weight is 383 g/mol. The van der Waals surface area contributed by atoms with Gasteiger partial charge in [-0.1, -0.05) is 60.7 Å². The Labute approximate surface area is 167 Å². The molecule has 1 amide bonds. The highest BCUT2D eigenvalue weighted by atomic mass is 16.6. The minimum Gasteiger partial charge on any atom is -0.446 e. The summed E-state index contributed by atoms with van der Waals surface area (Å²) in [5.41, 5.74) is 1.06. The average Bonchev–Trinajstić information content (AvgIpc) is 2.65. The van der Waals surface area contributed by atoms with Crippen molar-refractivity contribution in [3.8, 4) is 0 Å².